The molecule has 0 aromatic heterocycles. The van der Waals surface area contributed by atoms with Gasteiger partial charge < -0.3 is 9.47 Å². The summed E-state index contributed by atoms with van der Waals surface area (Å²) < 4.78 is 24.9. The van der Waals surface area contributed by atoms with Crippen molar-refractivity contribution in [2.75, 3.05) is 7.11 Å². The SMILES string of the molecule is COc1cc(/C=N\NC(=O)c2cccc(Br)c2)cc(Cl)c1OCc1ccc(F)cc1. The van der Waals surface area contributed by atoms with Gasteiger partial charge in [0.15, 0.2) is 11.5 Å². The normalized spacial score (nSPS) is 10.8. The van der Waals surface area contributed by atoms with Gasteiger partial charge >= 0.3 is 0 Å². The highest BCUT2D eigenvalue weighted by molar-refractivity contribution is 9.10. The lowest BCUT2D eigenvalue weighted by atomic mass is 10.2. The van der Waals surface area contributed by atoms with E-state index in [2.05, 4.69) is 26.5 Å². The lowest BCUT2D eigenvalue weighted by Gasteiger charge is -2.13. The van der Waals surface area contributed by atoms with Gasteiger partial charge in [0.25, 0.3) is 5.91 Å². The number of methoxy groups -OCH3 is 1. The van der Waals surface area contributed by atoms with E-state index in [0.717, 1.165) is 10.0 Å². The Morgan fingerprint density at radius 1 is 1.20 bits per heavy atom. The number of hydrogen-bond acceptors (Lipinski definition) is 4. The topological polar surface area (TPSA) is 59.9 Å². The molecule has 0 atom stereocenters. The summed E-state index contributed by atoms with van der Waals surface area (Å²) in [5, 5.41) is 4.28. The van der Waals surface area contributed by atoms with Crippen LogP contribution < -0.4 is 14.9 Å². The van der Waals surface area contributed by atoms with Crippen molar-refractivity contribution in [2.45, 2.75) is 6.61 Å². The van der Waals surface area contributed by atoms with Crippen molar-refractivity contribution < 1.29 is 18.7 Å². The lowest BCUT2D eigenvalue weighted by molar-refractivity contribution is 0.0955. The van der Waals surface area contributed by atoms with Crippen molar-refractivity contribution in [3.63, 3.8) is 0 Å². The fourth-order valence-corrected chi connectivity index (χ4v) is 3.22. The van der Waals surface area contributed by atoms with Crippen molar-refractivity contribution in [1.29, 1.82) is 0 Å². The molecule has 0 aliphatic rings. The second-order valence-corrected chi connectivity index (χ2v) is 7.48. The van der Waals surface area contributed by atoms with Gasteiger partial charge in [-0.3, -0.25) is 4.79 Å². The highest BCUT2D eigenvalue weighted by Crippen LogP contribution is 2.36. The molecule has 1 amide bonds. The summed E-state index contributed by atoms with van der Waals surface area (Å²) in [5.41, 5.74) is 4.33. The maximum Gasteiger partial charge on any atom is 0.271 e. The van der Waals surface area contributed by atoms with Crippen LogP contribution in [0.5, 0.6) is 11.5 Å². The molecule has 3 rings (SSSR count). The number of ether oxygens (including phenoxy) is 2. The summed E-state index contributed by atoms with van der Waals surface area (Å²) in [7, 11) is 1.49. The zero-order valence-electron chi connectivity index (χ0n) is 15.9. The number of amides is 1. The molecule has 1 N–H and O–H groups in total. The fraction of sp³-hybridized carbons (Fsp3) is 0.0909. The minimum atomic E-state index is -0.343. The van der Waals surface area contributed by atoms with Gasteiger partial charge in [-0.25, -0.2) is 9.82 Å². The third-order valence-corrected chi connectivity index (χ3v) is 4.79. The lowest BCUT2D eigenvalue weighted by Crippen LogP contribution is -2.17. The predicted molar refractivity (Wildman–Crippen MR) is 118 cm³/mol. The van der Waals surface area contributed by atoms with Gasteiger partial charge in [-0.15, -0.1) is 0 Å². The van der Waals surface area contributed by atoms with E-state index in [0.29, 0.717) is 27.6 Å². The number of hydrazone groups is 1. The first-order valence-electron chi connectivity index (χ1n) is 8.80. The Kier molecular flexibility index (Phi) is 7.43. The molecule has 3 aromatic rings. The number of carbonyl (C=O) groups excluding carboxylic acids is 1. The number of hydrogen-bond donors (Lipinski definition) is 1. The quantitative estimate of drug-likeness (QED) is 0.346. The molecular weight excluding hydrogens is 475 g/mol. The molecule has 8 heteroatoms. The zero-order chi connectivity index (χ0) is 21.5. The molecule has 0 aliphatic carbocycles. The third kappa shape index (κ3) is 5.81. The largest absolute Gasteiger partial charge is 0.493 e. The Bertz CT molecular complexity index is 1070. The molecule has 0 saturated heterocycles. The minimum absolute atomic E-state index is 0.201. The highest BCUT2D eigenvalue weighted by Gasteiger charge is 2.12. The summed E-state index contributed by atoms with van der Waals surface area (Å²) in [6.07, 6.45) is 1.45. The maximum absolute atomic E-state index is 13.0. The Morgan fingerprint density at radius 2 is 1.97 bits per heavy atom. The summed E-state index contributed by atoms with van der Waals surface area (Å²) in [6, 6.07) is 16.3. The molecule has 0 heterocycles. The third-order valence-electron chi connectivity index (χ3n) is 4.01. The van der Waals surface area contributed by atoms with Gasteiger partial charge in [0.05, 0.1) is 18.3 Å². The van der Waals surface area contributed by atoms with Crippen LogP contribution >= 0.6 is 27.5 Å². The van der Waals surface area contributed by atoms with Gasteiger partial charge in [-0.2, -0.15) is 5.10 Å². The van der Waals surface area contributed by atoms with Crippen LogP contribution in [0.25, 0.3) is 0 Å². The Labute approximate surface area is 186 Å². The number of rotatable bonds is 7. The number of nitrogens with one attached hydrogen (secondary N) is 1. The number of benzene rings is 3. The Balaban J connectivity index is 1.69. The summed E-state index contributed by atoms with van der Waals surface area (Å²) in [4.78, 5) is 12.1. The van der Waals surface area contributed by atoms with Crippen molar-refractivity contribution in [2.24, 2.45) is 5.10 Å². The van der Waals surface area contributed by atoms with Crippen LogP contribution in [0.1, 0.15) is 21.5 Å². The molecule has 0 fully saturated rings. The molecule has 154 valence electrons. The average molecular weight is 492 g/mol. The number of halogens is 3. The smallest absolute Gasteiger partial charge is 0.271 e. The molecular formula is C22H17BrClFN2O3. The highest BCUT2D eigenvalue weighted by atomic mass is 79.9. The molecule has 5 nitrogen and oxygen atoms in total. The van der Waals surface area contributed by atoms with E-state index < -0.39 is 0 Å². The van der Waals surface area contributed by atoms with Gasteiger partial charge in [-0.05, 0) is 53.6 Å². The van der Waals surface area contributed by atoms with Gasteiger partial charge in [0.2, 0.25) is 0 Å². The fourth-order valence-electron chi connectivity index (χ4n) is 2.55. The van der Waals surface area contributed by atoms with Crippen LogP contribution in [0.2, 0.25) is 5.02 Å². The first-order chi connectivity index (χ1) is 14.5. The van der Waals surface area contributed by atoms with Crippen molar-refractivity contribution in [3.05, 3.63) is 92.7 Å². The second-order valence-electron chi connectivity index (χ2n) is 6.16. The molecule has 0 bridgehead atoms. The summed E-state index contributed by atoms with van der Waals surface area (Å²) >= 11 is 9.66. The van der Waals surface area contributed by atoms with Gasteiger partial charge in [0, 0.05) is 10.0 Å². The average Bonchev–Trinajstić information content (AvgIpc) is 2.73. The second kappa shape index (κ2) is 10.2. The Morgan fingerprint density at radius 3 is 2.67 bits per heavy atom. The van der Waals surface area contributed by atoms with Crippen LogP contribution in [0.4, 0.5) is 4.39 Å². The molecule has 30 heavy (non-hydrogen) atoms. The maximum atomic E-state index is 13.0. The van der Waals surface area contributed by atoms with Gasteiger partial charge in [-0.1, -0.05) is 45.7 Å². The number of nitrogens with zero attached hydrogens (tertiary/aromatic N) is 1. The van der Waals surface area contributed by atoms with Crippen LogP contribution in [0, 0.1) is 5.82 Å². The van der Waals surface area contributed by atoms with Crippen molar-refractivity contribution in [3.8, 4) is 11.5 Å². The van der Waals surface area contributed by atoms with E-state index in [1.807, 2.05) is 6.07 Å². The monoisotopic (exact) mass is 490 g/mol. The zero-order valence-corrected chi connectivity index (χ0v) is 18.2. The first kappa shape index (κ1) is 21.8. The minimum Gasteiger partial charge on any atom is -0.493 e. The molecule has 0 spiro atoms. The van der Waals surface area contributed by atoms with Gasteiger partial charge in [0.1, 0.15) is 12.4 Å². The van der Waals surface area contributed by atoms with Crippen LogP contribution in [0.3, 0.4) is 0 Å². The first-order valence-corrected chi connectivity index (χ1v) is 9.97. The molecule has 0 saturated carbocycles. The molecule has 3 aromatic carbocycles. The van der Waals surface area contributed by atoms with E-state index in [9.17, 15) is 9.18 Å². The Hall–Kier alpha value is -2.90. The van der Waals surface area contributed by atoms with E-state index in [4.69, 9.17) is 21.1 Å². The van der Waals surface area contributed by atoms with E-state index in [1.165, 1.54) is 25.5 Å². The molecule has 0 aliphatic heterocycles. The predicted octanol–water partition coefficient (Wildman–Crippen LogP) is 5.59. The van der Waals surface area contributed by atoms with Crippen LogP contribution in [-0.4, -0.2) is 19.2 Å². The summed E-state index contributed by atoms with van der Waals surface area (Å²) in [5.74, 6) is 0.109. The summed E-state index contributed by atoms with van der Waals surface area (Å²) in [6.45, 7) is 0.201. The van der Waals surface area contributed by atoms with E-state index >= 15 is 0 Å². The van der Waals surface area contributed by atoms with Crippen molar-refractivity contribution in [1.82, 2.24) is 5.43 Å². The van der Waals surface area contributed by atoms with E-state index in [1.54, 1.807) is 42.5 Å². The van der Waals surface area contributed by atoms with E-state index in [-0.39, 0.29) is 18.3 Å². The standard InChI is InChI=1S/C22H17BrClFN2O3/c1-29-20-10-15(12-26-27-22(28)16-3-2-4-17(23)11-16)9-19(24)21(20)30-13-14-5-7-18(25)8-6-14/h2-12H,13H2,1H3,(H,27,28)/b26-12-. The van der Waals surface area contributed by atoms with Crippen LogP contribution in [-0.2, 0) is 6.61 Å². The molecule has 0 radical (unpaired) electrons. The van der Waals surface area contributed by atoms with Crippen molar-refractivity contribution >= 4 is 39.7 Å². The molecule has 0 unspecified atom stereocenters. The number of carbonyl (C=O) groups is 1. The van der Waals surface area contributed by atoms with Crippen LogP contribution in [0.15, 0.2) is 70.2 Å².